The fraction of sp³-hybridized carbons (Fsp3) is 0.333. The molecule has 0 aliphatic heterocycles. The molecule has 0 spiro atoms. The molecule has 3 aromatic rings. The van der Waals surface area contributed by atoms with E-state index in [0.717, 1.165) is 21.9 Å². The molecule has 0 fully saturated rings. The predicted molar refractivity (Wildman–Crippen MR) is 151 cm³/mol. The maximum atomic E-state index is 13.9. The first-order valence-electron chi connectivity index (χ1n) is 12.8. The number of anilines is 1. The van der Waals surface area contributed by atoms with E-state index >= 15 is 0 Å². The average molecular weight is 536 g/mol. The maximum absolute atomic E-state index is 13.9. The smallest absolute Gasteiger partial charge is 0.264 e. The van der Waals surface area contributed by atoms with Crippen LogP contribution < -0.4 is 9.62 Å². The number of benzene rings is 3. The van der Waals surface area contributed by atoms with Gasteiger partial charge in [-0.25, -0.2) is 8.42 Å². The molecule has 0 aromatic heterocycles. The van der Waals surface area contributed by atoms with Crippen LogP contribution in [0.4, 0.5) is 5.69 Å². The van der Waals surface area contributed by atoms with Gasteiger partial charge in [-0.2, -0.15) is 0 Å². The van der Waals surface area contributed by atoms with Crippen molar-refractivity contribution in [1.82, 2.24) is 10.2 Å². The number of hydrogen-bond acceptors (Lipinski definition) is 4. The largest absolute Gasteiger partial charge is 0.352 e. The molecule has 0 aliphatic carbocycles. The molecule has 2 atom stereocenters. The number of amides is 2. The Kier molecular flexibility index (Phi) is 9.69. The Hall–Kier alpha value is -3.65. The molecule has 1 N–H and O–H groups in total. The number of carbonyl (C=O) groups is 2. The highest BCUT2D eigenvalue weighted by molar-refractivity contribution is 7.92. The molecule has 202 valence electrons. The lowest BCUT2D eigenvalue weighted by Crippen LogP contribution is -2.52. The lowest BCUT2D eigenvalue weighted by Gasteiger charge is -2.33. The van der Waals surface area contributed by atoms with E-state index in [-0.39, 0.29) is 23.4 Å². The van der Waals surface area contributed by atoms with Crippen LogP contribution in [0.3, 0.4) is 0 Å². The quantitative estimate of drug-likeness (QED) is 0.381. The van der Waals surface area contributed by atoms with Crippen molar-refractivity contribution >= 4 is 27.5 Å². The Morgan fingerprint density at radius 3 is 2.08 bits per heavy atom. The summed E-state index contributed by atoms with van der Waals surface area (Å²) in [5.74, 6) is -0.756. The third-order valence-electron chi connectivity index (χ3n) is 6.64. The van der Waals surface area contributed by atoms with Crippen LogP contribution in [0.25, 0.3) is 0 Å². The molecule has 0 heterocycles. The Balaban J connectivity index is 2.02. The van der Waals surface area contributed by atoms with E-state index < -0.39 is 28.5 Å². The van der Waals surface area contributed by atoms with Gasteiger partial charge in [0.15, 0.2) is 0 Å². The summed E-state index contributed by atoms with van der Waals surface area (Å²) in [5, 5.41) is 2.95. The van der Waals surface area contributed by atoms with Gasteiger partial charge < -0.3 is 10.2 Å². The summed E-state index contributed by atoms with van der Waals surface area (Å²) in [6, 6.07) is 22.0. The second-order valence-corrected chi connectivity index (χ2v) is 11.5. The highest BCUT2D eigenvalue weighted by atomic mass is 32.2. The van der Waals surface area contributed by atoms with Gasteiger partial charge in [0.25, 0.3) is 10.0 Å². The summed E-state index contributed by atoms with van der Waals surface area (Å²) in [7, 11) is -4.07. The molecular formula is C30H37N3O4S. The van der Waals surface area contributed by atoms with E-state index in [2.05, 4.69) is 5.32 Å². The highest BCUT2D eigenvalue weighted by Gasteiger charge is 2.33. The van der Waals surface area contributed by atoms with Crippen LogP contribution in [0.5, 0.6) is 0 Å². The summed E-state index contributed by atoms with van der Waals surface area (Å²) in [6.07, 6.45) is 0.751. The normalized spacial score (nSPS) is 12.9. The molecule has 0 aliphatic rings. The number of rotatable bonds is 11. The monoisotopic (exact) mass is 535 g/mol. The minimum Gasteiger partial charge on any atom is -0.352 e. The molecule has 3 aromatic carbocycles. The molecule has 8 heteroatoms. The van der Waals surface area contributed by atoms with Crippen LogP contribution in [-0.2, 0) is 26.2 Å². The van der Waals surface area contributed by atoms with Gasteiger partial charge in [-0.3, -0.25) is 13.9 Å². The molecule has 7 nitrogen and oxygen atoms in total. The van der Waals surface area contributed by atoms with E-state index in [4.69, 9.17) is 0 Å². The third-order valence-corrected chi connectivity index (χ3v) is 8.41. The van der Waals surface area contributed by atoms with Gasteiger partial charge >= 0.3 is 0 Å². The van der Waals surface area contributed by atoms with E-state index in [1.165, 1.54) is 17.0 Å². The zero-order valence-electron chi connectivity index (χ0n) is 22.7. The van der Waals surface area contributed by atoms with Crippen molar-refractivity contribution in [2.24, 2.45) is 0 Å². The molecule has 0 bridgehead atoms. The molecule has 0 unspecified atom stereocenters. The van der Waals surface area contributed by atoms with Gasteiger partial charge in [0, 0.05) is 12.6 Å². The average Bonchev–Trinajstić information content (AvgIpc) is 2.91. The number of nitrogens with one attached hydrogen (secondary N) is 1. The summed E-state index contributed by atoms with van der Waals surface area (Å²) >= 11 is 0. The second kappa shape index (κ2) is 12.7. The zero-order valence-corrected chi connectivity index (χ0v) is 23.5. The van der Waals surface area contributed by atoms with Gasteiger partial charge in [-0.15, -0.1) is 0 Å². The van der Waals surface area contributed by atoms with Crippen LogP contribution in [0.15, 0.2) is 83.8 Å². The lowest BCUT2D eigenvalue weighted by molar-refractivity contribution is -0.139. The topological polar surface area (TPSA) is 86.8 Å². The lowest BCUT2D eigenvalue weighted by atomic mass is 10.1. The molecular weight excluding hydrogens is 498 g/mol. The molecule has 3 rings (SSSR count). The Labute approximate surface area is 226 Å². The van der Waals surface area contributed by atoms with Crippen LogP contribution in [0.1, 0.15) is 43.9 Å². The minimum absolute atomic E-state index is 0.0526. The summed E-state index contributed by atoms with van der Waals surface area (Å²) in [6.45, 7) is 9.05. The van der Waals surface area contributed by atoms with Gasteiger partial charge in [0.05, 0.1) is 10.6 Å². The van der Waals surface area contributed by atoms with Gasteiger partial charge in [-0.1, -0.05) is 73.2 Å². The first-order valence-corrected chi connectivity index (χ1v) is 14.3. The van der Waals surface area contributed by atoms with Crippen molar-refractivity contribution in [3.8, 4) is 0 Å². The van der Waals surface area contributed by atoms with Crippen molar-refractivity contribution in [3.63, 3.8) is 0 Å². The number of aryl methyl sites for hydroxylation is 2. The summed E-state index contributed by atoms with van der Waals surface area (Å²) in [5.41, 5.74) is 3.05. The Morgan fingerprint density at radius 1 is 0.868 bits per heavy atom. The Bertz CT molecular complexity index is 1340. The number of sulfonamides is 1. The number of hydrogen-bond donors (Lipinski definition) is 1. The van der Waals surface area contributed by atoms with Crippen LogP contribution in [0.2, 0.25) is 0 Å². The van der Waals surface area contributed by atoms with E-state index in [9.17, 15) is 18.0 Å². The highest BCUT2D eigenvalue weighted by Crippen LogP contribution is 2.27. The standard InChI is InChI=1S/C30H37N3O4S/c1-6-24(4)31-30(35)25(5)32(20-26-18-16-22(2)17-19-26)29(34)21-33(28-15-11-10-12-23(28)3)38(36,37)27-13-8-7-9-14-27/h7-19,24-25H,6,20-21H2,1-5H3,(H,31,35)/t24-,25+/m1/s1. The van der Waals surface area contributed by atoms with E-state index in [1.54, 1.807) is 50.2 Å². The van der Waals surface area contributed by atoms with Crippen LogP contribution in [0, 0.1) is 13.8 Å². The van der Waals surface area contributed by atoms with Crippen molar-refractivity contribution in [2.45, 2.75) is 64.6 Å². The predicted octanol–water partition coefficient (Wildman–Crippen LogP) is 4.83. The fourth-order valence-corrected chi connectivity index (χ4v) is 5.51. The molecule has 0 saturated heterocycles. The van der Waals surface area contributed by atoms with Gasteiger partial charge in [0.2, 0.25) is 11.8 Å². The third kappa shape index (κ3) is 7.01. The number of para-hydroxylation sites is 1. The first-order chi connectivity index (χ1) is 18.0. The SMILES string of the molecule is CC[C@@H](C)NC(=O)[C@H](C)N(Cc1ccc(C)cc1)C(=O)CN(c1ccccc1C)S(=O)(=O)c1ccccc1. The molecule has 2 amide bonds. The molecule has 0 radical (unpaired) electrons. The van der Waals surface area contributed by atoms with Crippen molar-refractivity contribution in [2.75, 3.05) is 10.8 Å². The maximum Gasteiger partial charge on any atom is 0.264 e. The Morgan fingerprint density at radius 2 is 1.47 bits per heavy atom. The van der Waals surface area contributed by atoms with E-state index in [0.29, 0.717) is 11.3 Å². The van der Waals surface area contributed by atoms with E-state index in [1.807, 2.05) is 51.1 Å². The summed E-state index contributed by atoms with van der Waals surface area (Å²) in [4.78, 5) is 28.6. The molecule has 38 heavy (non-hydrogen) atoms. The molecule has 0 saturated carbocycles. The number of nitrogens with zero attached hydrogens (tertiary/aromatic N) is 2. The first kappa shape index (κ1) is 28.9. The summed E-state index contributed by atoms with van der Waals surface area (Å²) < 4.78 is 28.7. The minimum atomic E-state index is -4.07. The van der Waals surface area contributed by atoms with Crippen LogP contribution in [-0.4, -0.2) is 43.8 Å². The van der Waals surface area contributed by atoms with Crippen molar-refractivity contribution in [3.05, 3.63) is 95.6 Å². The number of carbonyl (C=O) groups excluding carboxylic acids is 2. The van der Waals surface area contributed by atoms with Gasteiger partial charge in [-0.05, 0) is 63.4 Å². The zero-order chi connectivity index (χ0) is 27.9. The van der Waals surface area contributed by atoms with Crippen LogP contribution >= 0.6 is 0 Å². The second-order valence-electron chi connectivity index (χ2n) is 9.61. The van der Waals surface area contributed by atoms with Gasteiger partial charge in [0.1, 0.15) is 12.6 Å². The fourth-order valence-electron chi connectivity index (χ4n) is 4.01. The van der Waals surface area contributed by atoms with Crippen molar-refractivity contribution < 1.29 is 18.0 Å². The van der Waals surface area contributed by atoms with Crippen molar-refractivity contribution in [1.29, 1.82) is 0 Å².